The molecule has 0 spiro atoms. The summed E-state index contributed by atoms with van der Waals surface area (Å²) < 4.78 is 38.4. The van der Waals surface area contributed by atoms with E-state index in [2.05, 4.69) is 5.32 Å². The third-order valence-corrected chi connectivity index (χ3v) is 4.51. The van der Waals surface area contributed by atoms with Crippen LogP contribution < -0.4 is 5.32 Å². The lowest BCUT2D eigenvalue weighted by atomic mass is 9.94. The van der Waals surface area contributed by atoms with Gasteiger partial charge >= 0.3 is 6.18 Å². The summed E-state index contributed by atoms with van der Waals surface area (Å²) in [6, 6.07) is 5.46. The van der Waals surface area contributed by atoms with Crippen LogP contribution in [0.25, 0.3) is 0 Å². The Morgan fingerprint density at radius 1 is 1.33 bits per heavy atom. The number of benzene rings is 1. The van der Waals surface area contributed by atoms with E-state index in [0.717, 1.165) is 38.1 Å². The second-order valence-electron chi connectivity index (χ2n) is 6.21. The highest BCUT2D eigenvalue weighted by Gasteiger charge is 2.31. The minimum atomic E-state index is -4.36. The maximum absolute atomic E-state index is 12.8. The first-order chi connectivity index (χ1) is 10.8. The molecule has 1 aromatic rings. The predicted molar refractivity (Wildman–Crippen MR) is 90.4 cm³/mol. The minimum Gasteiger partial charge on any atom is -0.343 e. The molecule has 1 aliphatic rings. The molecule has 1 saturated heterocycles. The van der Waals surface area contributed by atoms with Crippen molar-refractivity contribution in [1.29, 1.82) is 0 Å². The largest absolute Gasteiger partial charge is 0.416 e. The Balaban J connectivity index is 0.00000288. The Hall–Kier alpha value is -1.27. The van der Waals surface area contributed by atoms with Gasteiger partial charge in [-0.1, -0.05) is 25.1 Å². The molecular formula is C17H24ClF3N2O. The number of rotatable bonds is 4. The zero-order valence-corrected chi connectivity index (χ0v) is 14.7. The number of piperidine rings is 1. The number of carbonyl (C=O) groups excluding carboxylic acids is 1. The summed E-state index contributed by atoms with van der Waals surface area (Å²) in [5.74, 6) is -0.254. The molecule has 2 rings (SSSR count). The van der Waals surface area contributed by atoms with Crippen LogP contribution in [0.4, 0.5) is 13.2 Å². The molecule has 1 N–H and O–H groups in total. The summed E-state index contributed by atoms with van der Waals surface area (Å²) in [4.78, 5) is 14.1. The molecule has 0 aromatic heterocycles. The number of hydrogen-bond acceptors (Lipinski definition) is 2. The van der Waals surface area contributed by atoms with Crippen LogP contribution >= 0.6 is 12.4 Å². The number of nitrogens with zero attached hydrogens (tertiary/aromatic N) is 1. The Morgan fingerprint density at radius 3 is 2.54 bits per heavy atom. The molecule has 1 atom stereocenters. The lowest BCUT2D eigenvalue weighted by Crippen LogP contribution is -2.44. The van der Waals surface area contributed by atoms with Gasteiger partial charge in [0.05, 0.1) is 5.56 Å². The van der Waals surface area contributed by atoms with Crippen molar-refractivity contribution < 1.29 is 18.0 Å². The summed E-state index contributed by atoms with van der Waals surface area (Å²) in [6.45, 7) is 3.58. The fraction of sp³-hybridized carbons (Fsp3) is 0.588. The summed E-state index contributed by atoms with van der Waals surface area (Å²) in [6.07, 6.45) is -2.30. The van der Waals surface area contributed by atoms with E-state index in [9.17, 15) is 18.0 Å². The number of hydrogen-bond donors (Lipinski definition) is 1. The average molecular weight is 365 g/mol. The van der Waals surface area contributed by atoms with Gasteiger partial charge in [-0.05, 0) is 43.5 Å². The van der Waals surface area contributed by atoms with Crippen LogP contribution in [0.2, 0.25) is 0 Å². The summed E-state index contributed by atoms with van der Waals surface area (Å²) in [5, 5.41) is 3.25. The quantitative estimate of drug-likeness (QED) is 0.880. The normalized spacial score (nSPS) is 17.0. The average Bonchev–Trinajstić information content (AvgIpc) is 2.54. The fourth-order valence-electron chi connectivity index (χ4n) is 2.94. The van der Waals surface area contributed by atoms with E-state index in [0.29, 0.717) is 5.56 Å². The second-order valence-corrected chi connectivity index (χ2v) is 6.21. The van der Waals surface area contributed by atoms with E-state index in [-0.39, 0.29) is 36.7 Å². The highest BCUT2D eigenvalue weighted by atomic mass is 35.5. The number of nitrogens with one attached hydrogen (secondary N) is 1. The monoisotopic (exact) mass is 364 g/mol. The van der Waals surface area contributed by atoms with Gasteiger partial charge in [0.2, 0.25) is 5.91 Å². The topological polar surface area (TPSA) is 32.3 Å². The fourth-order valence-corrected chi connectivity index (χ4v) is 2.94. The first kappa shape index (κ1) is 20.8. The van der Waals surface area contributed by atoms with Crippen molar-refractivity contribution in [2.75, 3.05) is 20.1 Å². The second kappa shape index (κ2) is 8.72. The highest BCUT2D eigenvalue weighted by molar-refractivity contribution is 5.85. The first-order valence-electron chi connectivity index (χ1n) is 7.92. The zero-order chi connectivity index (χ0) is 17.0. The molecule has 0 radical (unpaired) electrons. The van der Waals surface area contributed by atoms with Gasteiger partial charge < -0.3 is 10.2 Å². The van der Waals surface area contributed by atoms with Crippen LogP contribution in [-0.4, -0.2) is 37.0 Å². The van der Waals surface area contributed by atoms with Crippen LogP contribution in [-0.2, 0) is 11.0 Å². The molecule has 1 aliphatic heterocycles. The van der Waals surface area contributed by atoms with Gasteiger partial charge in [0.15, 0.2) is 0 Å². The molecule has 1 amide bonds. The maximum Gasteiger partial charge on any atom is 0.416 e. The molecule has 1 heterocycles. The Labute approximate surface area is 147 Å². The molecule has 0 saturated carbocycles. The highest BCUT2D eigenvalue weighted by Crippen LogP contribution is 2.32. The molecule has 1 unspecified atom stereocenters. The number of halogens is 4. The van der Waals surface area contributed by atoms with E-state index in [4.69, 9.17) is 0 Å². The minimum absolute atomic E-state index is 0. The van der Waals surface area contributed by atoms with E-state index >= 15 is 0 Å². The first-order valence-corrected chi connectivity index (χ1v) is 7.92. The van der Waals surface area contributed by atoms with Gasteiger partial charge in [0.25, 0.3) is 0 Å². The van der Waals surface area contributed by atoms with Gasteiger partial charge in [-0.2, -0.15) is 13.2 Å². The van der Waals surface area contributed by atoms with Crippen LogP contribution in [0.15, 0.2) is 24.3 Å². The number of amides is 1. The molecule has 3 nitrogen and oxygen atoms in total. The molecule has 136 valence electrons. The SMILES string of the molecule is CC(CC(=O)N(C)C1CCNCC1)c1cccc(C(F)(F)F)c1.Cl. The Bertz CT molecular complexity index is 545. The molecule has 0 bridgehead atoms. The van der Waals surface area contributed by atoms with Crippen molar-refractivity contribution in [3.8, 4) is 0 Å². The van der Waals surface area contributed by atoms with Gasteiger partial charge in [-0.15, -0.1) is 12.4 Å². The van der Waals surface area contributed by atoms with E-state index in [1.54, 1.807) is 24.9 Å². The third-order valence-electron chi connectivity index (χ3n) is 4.51. The summed E-state index contributed by atoms with van der Waals surface area (Å²) >= 11 is 0. The van der Waals surface area contributed by atoms with Gasteiger partial charge in [-0.25, -0.2) is 0 Å². The molecular weight excluding hydrogens is 341 g/mol. The van der Waals surface area contributed by atoms with E-state index < -0.39 is 11.7 Å². The smallest absolute Gasteiger partial charge is 0.343 e. The molecule has 24 heavy (non-hydrogen) atoms. The lowest BCUT2D eigenvalue weighted by molar-refractivity contribution is -0.137. The standard InChI is InChI=1S/C17H23F3N2O.ClH/c1-12(13-4-3-5-14(11-13)17(18,19)20)10-16(23)22(2)15-6-8-21-9-7-15;/h3-5,11-12,15,21H,6-10H2,1-2H3;1H. The molecule has 1 aromatic carbocycles. The van der Waals surface area contributed by atoms with Gasteiger partial charge in [0, 0.05) is 19.5 Å². The van der Waals surface area contributed by atoms with Crippen molar-refractivity contribution in [2.45, 2.75) is 44.3 Å². The van der Waals surface area contributed by atoms with Crippen LogP contribution in [0.1, 0.15) is 43.2 Å². The summed E-state index contributed by atoms with van der Waals surface area (Å²) in [5.41, 5.74) is -0.118. The third kappa shape index (κ3) is 5.38. The number of carbonyl (C=O) groups is 1. The lowest BCUT2D eigenvalue weighted by Gasteiger charge is -2.32. The molecule has 7 heteroatoms. The van der Waals surface area contributed by atoms with Crippen molar-refractivity contribution in [1.82, 2.24) is 10.2 Å². The van der Waals surface area contributed by atoms with Gasteiger partial charge in [0.1, 0.15) is 0 Å². The Morgan fingerprint density at radius 2 is 1.96 bits per heavy atom. The van der Waals surface area contributed by atoms with Crippen LogP contribution in [0.3, 0.4) is 0 Å². The molecule has 1 fully saturated rings. The van der Waals surface area contributed by atoms with Gasteiger partial charge in [-0.3, -0.25) is 4.79 Å². The van der Waals surface area contributed by atoms with E-state index in [1.165, 1.54) is 6.07 Å². The number of alkyl halides is 3. The maximum atomic E-state index is 12.8. The van der Waals surface area contributed by atoms with Crippen LogP contribution in [0.5, 0.6) is 0 Å². The van der Waals surface area contributed by atoms with Crippen molar-refractivity contribution in [3.63, 3.8) is 0 Å². The Kier molecular flexibility index (Phi) is 7.55. The van der Waals surface area contributed by atoms with Crippen molar-refractivity contribution in [2.24, 2.45) is 0 Å². The van der Waals surface area contributed by atoms with Crippen molar-refractivity contribution >= 4 is 18.3 Å². The predicted octanol–water partition coefficient (Wildman–Crippen LogP) is 3.83. The summed E-state index contributed by atoms with van der Waals surface area (Å²) in [7, 11) is 1.79. The molecule has 0 aliphatic carbocycles. The van der Waals surface area contributed by atoms with Crippen LogP contribution in [0, 0.1) is 0 Å². The van der Waals surface area contributed by atoms with Crippen molar-refractivity contribution in [3.05, 3.63) is 35.4 Å². The van der Waals surface area contributed by atoms with E-state index in [1.807, 2.05) is 0 Å². The zero-order valence-electron chi connectivity index (χ0n) is 13.9.